The number of hydrogen-bond donors (Lipinski definition) is 1. The third-order valence-corrected chi connectivity index (χ3v) is 4.57. The number of amides is 1. The number of rotatable bonds is 5. The number of carbonyl (C=O) groups excluding carboxylic acids is 2. The van der Waals surface area contributed by atoms with Crippen molar-refractivity contribution in [1.29, 1.82) is 5.26 Å². The maximum Gasteiger partial charge on any atom is 0.416 e. The lowest BCUT2D eigenvalue weighted by Crippen LogP contribution is -2.52. The van der Waals surface area contributed by atoms with Crippen LogP contribution in [0.5, 0.6) is 0 Å². The molecule has 0 radical (unpaired) electrons. The highest BCUT2D eigenvalue weighted by Gasteiger charge is 2.35. The first-order valence-electron chi connectivity index (χ1n) is 8.94. The summed E-state index contributed by atoms with van der Waals surface area (Å²) in [6.45, 7) is 1.37. The fraction of sp³-hybridized carbons (Fsp3) is 0.450. The highest BCUT2D eigenvalue weighted by molar-refractivity contribution is 5.90. The van der Waals surface area contributed by atoms with Gasteiger partial charge in [-0.25, -0.2) is 4.79 Å². The SMILES string of the molecule is C[C@H](OC(=O)/C=C/c1cccc(C(F)(F)F)c1)C(=O)NC1(C#N)CCCCC1. The largest absolute Gasteiger partial charge is 0.449 e. The Balaban J connectivity index is 1.94. The van der Waals surface area contributed by atoms with Crippen molar-refractivity contribution in [3.63, 3.8) is 0 Å². The predicted molar refractivity (Wildman–Crippen MR) is 95.6 cm³/mol. The van der Waals surface area contributed by atoms with E-state index in [0.717, 1.165) is 37.5 Å². The molecule has 1 amide bonds. The minimum absolute atomic E-state index is 0.175. The lowest BCUT2D eigenvalue weighted by Gasteiger charge is -2.32. The van der Waals surface area contributed by atoms with Gasteiger partial charge in [0.25, 0.3) is 5.91 Å². The zero-order chi connectivity index (χ0) is 20.8. The smallest absolute Gasteiger partial charge is 0.416 e. The van der Waals surface area contributed by atoms with Crippen molar-refractivity contribution >= 4 is 18.0 Å². The lowest BCUT2D eigenvalue weighted by molar-refractivity contribution is -0.150. The van der Waals surface area contributed by atoms with Gasteiger partial charge in [0.05, 0.1) is 11.6 Å². The molecule has 2 rings (SSSR count). The molecule has 0 aromatic heterocycles. The zero-order valence-electron chi connectivity index (χ0n) is 15.4. The number of benzene rings is 1. The number of hydrogen-bond acceptors (Lipinski definition) is 4. The molecular weight excluding hydrogens is 373 g/mol. The van der Waals surface area contributed by atoms with Gasteiger partial charge in [0, 0.05) is 6.08 Å². The summed E-state index contributed by atoms with van der Waals surface area (Å²) in [7, 11) is 0. The molecule has 1 N–H and O–H groups in total. The van der Waals surface area contributed by atoms with E-state index in [4.69, 9.17) is 4.74 Å². The third kappa shape index (κ3) is 5.84. The van der Waals surface area contributed by atoms with Crippen LogP contribution < -0.4 is 5.32 Å². The molecule has 0 aliphatic heterocycles. The van der Waals surface area contributed by atoms with Crippen molar-refractivity contribution < 1.29 is 27.5 Å². The molecule has 0 bridgehead atoms. The number of nitrogens with zero attached hydrogens (tertiary/aromatic N) is 1. The van der Waals surface area contributed by atoms with Crippen LogP contribution in [-0.4, -0.2) is 23.5 Å². The minimum Gasteiger partial charge on any atom is -0.449 e. The van der Waals surface area contributed by atoms with Crippen molar-refractivity contribution in [2.24, 2.45) is 0 Å². The Bertz CT molecular complexity index is 791. The van der Waals surface area contributed by atoms with E-state index in [1.165, 1.54) is 25.1 Å². The third-order valence-electron chi connectivity index (χ3n) is 4.57. The molecule has 8 heteroatoms. The van der Waals surface area contributed by atoms with Gasteiger partial charge in [0.1, 0.15) is 5.54 Å². The normalized spacial score (nSPS) is 17.5. The number of halogens is 3. The molecule has 28 heavy (non-hydrogen) atoms. The summed E-state index contributed by atoms with van der Waals surface area (Å²) in [5.74, 6) is -1.45. The van der Waals surface area contributed by atoms with E-state index in [2.05, 4.69) is 11.4 Å². The van der Waals surface area contributed by atoms with E-state index in [-0.39, 0.29) is 5.56 Å². The van der Waals surface area contributed by atoms with Gasteiger partial charge >= 0.3 is 12.1 Å². The summed E-state index contributed by atoms with van der Waals surface area (Å²) in [6, 6.07) is 6.62. The van der Waals surface area contributed by atoms with Crippen LogP contribution in [0.4, 0.5) is 13.2 Å². The first-order valence-corrected chi connectivity index (χ1v) is 8.94. The second kappa shape index (κ2) is 8.91. The highest BCUT2D eigenvalue weighted by Crippen LogP contribution is 2.30. The monoisotopic (exact) mass is 394 g/mol. The Labute approximate surface area is 161 Å². The number of nitriles is 1. The Kier molecular flexibility index (Phi) is 6.84. The highest BCUT2D eigenvalue weighted by atomic mass is 19.4. The van der Waals surface area contributed by atoms with Crippen LogP contribution in [0.3, 0.4) is 0 Å². The van der Waals surface area contributed by atoms with E-state index >= 15 is 0 Å². The molecule has 1 aromatic carbocycles. The fourth-order valence-electron chi connectivity index (χ4n) is 3.01. The Morgan fingerprint density at radius 1 is 1.29 bits per heavy atom. The van der Waals surface area contributed by atoms with Gasteiger partial charge in [0.2, 0.25) is 0 Å². The Hall–Kier alpha value is -2.82. The van der Waals surface area contributed by atoms with Crippen molar-refractivity contribution in [3.8, 4) is 6.07 Å². The van der Waals surface area contributed by atoms with Gasteiger partial charge in [-0.3, -0.25) is 4.79 Å². The van der Waals surface area contributed by atoms with Crippen molar-refractivity contribution in [3.05, 3.63) is 41.5 Å². The summed E-state index contributed by atoms with van der Waals surface area (Å²) < 4.78 is 43.1. The molecule has 1 atom stereocenters. The maximum atomic E-state index is 12.7. The zero-order valence-corrected chi connectivity index (χ0v) is 15.4. The number of ether oxygens (including phenoxy) is 1. The molecule has 1 saturated carbocycles. The average Bonchev–Trinajstić information content (AvgIpc) is 2.66. The van der Waals surface area contributed by atoms with Crippen LogP contribution in [0.1, 0.15) is 50.2 Å². The molecule has 0 unspecified atom stereocenters. The number of alkyl halides is 3. The fourth-order valence-corrected chi connectivity index (χ4v) is 3.01. The minimum atomic E-state index is -4.48. The van der Waals surface area contributed by atoms with Crippen LogP contribution in [0.15, 0.2) is 30.3 Å². The summed E-state index contributed by atoms with van der Waals surface area (Å²) >= 11 is 0. The lowest BCUT2D eigenvalue weighted by atomic mass is 9.83. The van der Waals surface area contributed by atoms with E-state index in [9.17, 15) is 28.0 Å². The van der Waals surface area contributed by atoms with Crippen molar-refractivity contribution in [2.45, 2.75) is 56.8 Å². The first-order chi connectivity index (χ1) is 13.1. The Morgan fingerprint density at radius 3 is 2.57 bits per heavy atom. The van der Waals surface area contributed by atoms with Crippen LogP contribution >= 0.6 is 0 Å². The van der Waals surface area contributed by atoms with Crippen LogP contribution in [0.25, 0.3) is 6.08 Å². The molecular formula is C20H21F3N2O3. The number of nitrogens with one attached hydrogen (secondary N) is 1. The average molecular weight is 394 g/mol. The molecule has 1 aliphatic rings. The summed E-state index contributed by atoms with van der Waals surface area (Å²) in [5, 5.41) is 12.0. The predicted octanol–water partition coefficient (Wildman–Crippen LogP) is 3.99. The quantitative estimate of drug-likeness (QED) is 0.605. The summed E-state index contributed by atoms with van der Waals surface area (Å²) in [4.78, 5) is 24.1. The van der Waals surface area contributed by atoms with Gasteiger partial charge in [-0.05, 0) is 43.5 Å². The molecule has 1 aliphatic carbocycles. The Morgan fingerprint density at radius 2 is 1.96 bits per heavy atom. The molecule has 1 fully saturated rings. The second-order valence-electron chi connectivity index (χ2n) is 6.78. The van der Waals surface area contributed by atoms with E-state index in [1.54, 1.807) is 0 Å². The van der Waals surface area contributed by atoms with Gasteiger partial charge in [-0.1, -0.05) is 31.4 Å². The molecule has 0 heterocycles. The van der Waals surface area contributed by atoms with Crippen molar-refractivity contribution in [1.82, 2.24) is 5.32 Å². The van der Waals surface area contributed by atoms with E-state index in [1.807, 2.05) is 0 Å². The van der Waals surface area contributed by atoms with Gasteiger partial charge in [-0.2, -0.15) is 18.4 Å². The van der Waals surface area contributed by atoms with Crippen LogP contribution in [0, 0.1) is 11.3 Å². The summed E-state index contributed by atoms with van der Waals surface area (Å²) in [5.41, 5.74) is -1.59. The topological polar surface area (TPSA) is 79.2 Å². The van der Waals surface area contributed by atoms with Crippen LogP contribution in [0.2, 0.25) is 0 Å². The van der Waals surface area contributed by atoms with Crippen molar-refractivity contribution in [2.75, 3.05) is 0 Å². The van der Waals surface area contributed by atoms with Crippen LogP contribution in [-0.2, 0) is 20.5 Å². The standard InChI is InChI=1S/C20H21F3N2O3/c1-14(18(27)25-19(13-24)10-3-2-4-11-19)28-17(26)9-8-15-6-5-7-16(12-15)20(21,22)23/h5-9,12,14H,2-4,10-11H2,1H3,(H,25,27)/b9-8+/t14-/m0/s1. The molecule has 0 spiro atoms. The molecule has 5 nitrogen and oxygen atoms in total. The molecule has 150 valence electrons. The van der Waals surface area contributed by atoms with Gasteiger partial charge in [-0.15, -0.1) is 0 Å². The second-order valence-corrected chi connectivity index (χ2v) is 6.78. The van der Waals surface area contributed by atoms with Gasteiger partial charge < -0.3 is 10.1 Å². The summed E-state index contributed by atoms with van der Waals surface area (Å²) in [6.07, 6.45) is 0.294. The first kappa shape index (κ1) is 21.5. The molecule has 0 saturated heterocycles. The number of carbonyl (C=O) groups is 2. The van der Waals surface area contributed by atoms with Gasteiger partial charge in [0.15, 0.2) is 6.10 Å². The molecule has 1 aromatic rings. The maximum absolute atomic E-state index is 12.7. The van der Waals surface area contributed by atoms with E-state index in [0.29, 0.717) is 12.8 Å². The number of esters is 1. The van der Waals surface area contributed by atoms with E-state index < -0.39 is 35.3 Å².